The Kier molecular flexibility index (Phi) is 4.92. The minimum absolute atomic E-state index is 0.257. The minimum Gasteiger partial charge on any atom is -0.0832 e. The van der Waals surface area contributed by atoms with Gasteiger partial charge in [0.1, 0.15) is 0 Å². The van der Waals surface area contributed by atoms with E-state index in [1.54, 1.807) is 0 Å². The first-order valence-electron chi connectivity index (χ1n) is 14.7. The van der Waals surface area contributed by atoms with Crippen molar-refractivity contribution in [2.24, 2.45) is 0 Å². The molecule has 0 saturated carbocycles. The Morgan fingerprint density at radius 3 is 1.12 bits per heavy atom. The summed E-state index contributed by atoms with van der Waals surface area (Å²) in [6.07, 6.45) is 9.80. The number of benzene rings is 7. The summed E-state index contributed by atoms with van der Waals surface area (Å²) in [5.74, 6) is 0.514. The second-order valence-electron chi connectivity index (χ2n) is 11.5. The SMILES string of the molecule is C1=CC(B(c2ccccc2)C2C=Cc3c2c2ccccc2c2ccccc32)c2c1c1ccccc1c1ccccc21. The summed E-state index contributed by atoms with van der Waals surface area (Å²) in [7, 11) is 0. The van der Waals surface area contributed by atoms with Crippen molar-refractivity contribution in [1.29, 1.82) is 0 Å². The van der Waals surface area contributed by atoms with Gasteiger partial charge >= 0.3 is 0 Å². The van der Waals surface area contributed by atoms with Crippen LogP contribution in [0.15, 0.2) is 140 Å². The molecule has 0 spiro atoms. The Hall–Kier alpha value is -4.88. The highest BCUT2D eigenvalue weighted by molar-refractivity contribution is 6.77. The van der Waals surface area contributed by atoms with Crippen LogP contribution in [0.3, 0.4) is 0 Å². The van der Waals surface area contributed by atoms with Crippen molar-refractivity contribution in [3.05, 3.63) is 162 Å². The molecule has 0 amide bonds. The molecule has 2 aliphatic rings. The van der Waals surface area contributed by atoms with E-state index in [1.165, 1.54) is 70.8 Å². The van der Waals surface area contributed by atoms with Crippen molar-refractivity contribution in [2.45, 2.75) is 11.6 Å². The van der Waals surface area contributed by atoms with Gasteiger partial charge < -0.3 is 0 Å². The highest BCUT2D eigenvalue weighted by Crippen LogP contribution is 2.49. The molecule has 0 heterocycles. The summed E-state index contributed by atoms with van der Waals surface area (Å²) in [6.45, 7) is 0.264. The van der Waals surface area contributed by atoms with Gasteiger partial charge in [0, 0.05) is 0 Å². The van der Waals surface area contributed by atoms with Gasteiger partial charge in [-0.25, -0.2) is 0 Å². The zero-order chi connectivity index (χ0) is 26.9. The van der Waals surface area contributed by atoms with Gasteiger partial charge in [-0.3, -0.25) is 0 Å². The highest BCUT2D eigenvalue weighted by Gasteiger charge is 2.41. The third-order valence-electron chi connectivity index (χ3n) is 9.60. The summed E-state index contributed by atoms with van der Waals surface area (Å²) in [4.78, 5) is 0. The molecular weight excluding hydrogens is 491 g/mol. The van der Waals surface area contributed by atoms with Crippen LogP contribution in [0.25, 0.3) is 55.2 Å². The van der Waals surface area contributed by atoms with Gasteiger partial charge in [0.15, 0.2) is 6.71 Å². The molecule has 1 heteroatoms. The largest absolute Gasteiger partial charge is 0.199 e. The Morgan fingerprint density at radius 1 is 0.341 bits per heavy atom. The summed E-state index contributed by atoms with van der Waals surface area (Å²) in [5, 5.41) is 10.8. The molecule has 190 valence electrons. The van der Waals surface area contributed by atoms with Crippen LogP contribution in [-0.2, 0) is 0 Å². The Bertz CT molecular complexity index is 2080. The molecule has 0 N–H and O–H groups in total. The van der Waals surface area contributed by atoms with Crippen LogP contribution < -0.4 is 5.46 Å². The monoisotopic (exact) mass is 518 g/mol. The lowest BCUT2D eigenvalue weighted by Crippen LogP contribution is -2.41. The lowest BCUT2D eigenvalue weighted by Gasteiger charge is -2.29. The van der Waals surface area contributed by atoms with Crippen molar-refractivity contribution < 1.29 is 0 Å². The van der Waals surface area contributed by atoms with Gasteiger partial charge in [-0.1, -0.05) is 157 Å². The molecule has 2 aliphatic carbocycles. The third kappa shape index (κ3) is 3.24. The molecule has 9 rings (SSSR count). The van der Waals surface area contributed by atoms with Crippen LogP contribution in [0.5, 0.6) is 0 Å². The molecule has 7 aromatic carbocycles. The summed E-state index contributed by atoms with van der Waals surface area (Å²) >= 11 is 0. The van der Waals surface area contributed by atoms with E-state index < -0.39 is 0 Å². The second kappa shape index (κ2) is 8.81. The molecule has 41 heavy (non-hydrogen) atoms. The minimum atomic E-state index is 0.257. The highest BCUT2D eigenvalue weighted by atomic mass is 14.3. The van der Waals surface area contributed by atoms with Gasteiger partial charge in [0.05, 0.1) is 0 Å². The fraction of sp³-hybridized carbons (Fsp3) is 0.0500. The Balaban J connectivity index is 1.34. The standard InChI is InChI=1S/C40H27B/c1-2-12-26(13-3-1)41(37-24-22-35-31-18-6-4-14-27(31)29-16-8-10-20-33(29)39(35)37)38-25-23-36-32-19-7-5-15-28(32)30-17-9-11-21-34(30)40(36)38/h1-25,37-38H. The average molecular weight is 518 g/mol. The first kappa shape index (κ1) is 22.9. The molecule has 0 fully saturated rings. The van der Waals surface area contributed by atoms with E-state index in [-0.39, 0.29) is 18.3 Å². The summed E-state index contributed by atoms with van der Waals surface area (Å²) < 4.78 is 0. The first-order valence-corrected chi connectivity index (χ1v) is 14.7. The number of fused-ring (bicyclic) bond motifs is 12. The molecule has 2 atom stereocenters. The van der Waals surface area contributed by atoms with Crippen molar-refractivity contribution in [2.75, 3.05) is 0 Å². The molecule has 0 aromatic heterocycles. The maximum atomic E-state index is 2.50. The van der Waals surface area contributed by atoms with E-state index in [4.69, 9.17) is 0 Å². The molecule has 0 nitrogen and oxygen atoms in total. The van der Waals surface area contributed by atoms with Gasteiger partial charge in [-0.15, -0.1) is 0 Å². The van der Waals surface area contributed by atoms with Crippen LogP contribution in [0.2, 0.25) is 0 Å². The van der Waals surface area contributed by atoms with Crippen molar-refractivity contribution in [3.63, 3.8) is 0 Å². The fourth-order valence-corrected chi connectivity index (χ4v) is 7.97. The zero-order valence-corrected chi connectivity index (χ0v) is 22.7. The topological polar surface area (TPSA) is 0 Å². The van der Waals surface area contributed by atoms with E-state index in [9.17, 15) is 0 Å². The van der Waals surface area contributed by atoms with Crippen LogP contribution in [0.1, 0.15) is 33.9 Å². The van der Waals surface area contributed by atoms with Gasteiger partial charge in [0.25, 0.3) is 0 Å². The van der Waals surface area contributed by atoms with Crippen LogP contribution in [-0.4, -0.2) is 6.71 Å². The molecule has 0 radical (unpaired) electrons. The number of rotatable bonds is 3. The second-order valence-corrected chi connectivity index (χ2v) is 11.5. The Labute approximate surface area is 240 Å². The lowest BCUT2D eigenvalue weighted by atomic mass is 9.29. The van der Waals surface area contributed by atoms with E-state index in [2.05, 4.69) is 152 Å². The molecule has 0 saturated heterocycles. The number of hydrogen-bond acceptors (Lipinski definition) is 0. The fourth-order valence-electron chi connectivity index (χ4n) is 7.97. The van der Waals surface area contributed by atoms with Gasteiger partial charge in [-0.05, 0) is 77.0 Å². The molecule has 7 aromatic rings. The number of hydrogen-bond donors (Lipinski definition) is 0. The van der Waals surface area contributed by atoms with Crippen molar-refractivity contribution in [3.8, 4) is 0 Å². The zero-order valence-electron chi connectivity index (χ0n) is 22.7. The smallest absolute Gasteiger partial charge is 0.0832 e. The van der Waals surface area contributed by atoms with Crippen LogP contribution >= 0.6 is 0 Å². The average Bonchev–Trinajstić information content (AvgIpc) is 3.69. The normalized spacial score (nSPS) is 17.1. The lowest BCUT2D eigenvalue weighted by molar-refractivity contribution is 1.13. The molecule has 2 unspecified atom stereocenters. The first-order chi connectivity index (χ1) is 20.4. The van der Waals surface area contributed by atoms with Crippen molar-refractivity contribution >= 4 is 67.4 Å². The maximum Gasteiger partial charge on any atom is 0.199 e. The number of allylic oxidation sites excluding steroid dienone is 2. The van der Waals surface area contributed by atoms with Crippen LogP contribution in [0, 0.1) is 0 Å². The predicted octanol–water partition coefficient (Wildman–Crippen LogP) is 9.70. The Morgan fingerprint density at radius 2 is 0.683 bits per heavy atom. The van der Waals surface area contributed by atoms with Crippen LogP contribution in [0.4, 0.5) is 0 Å². The van der Waals surface area contributed by atoms with E-state index in [0.717, 1.165) is 0 Å². The van der Waals surface area contributed by atoms with E-state index >= 15 is 0 Å². The van der Waals surface area contributed by atoms with E-state index in [1.807, 2.05) is 0 Å². The maximum absolute atomic E-state index is 2.50. The quantitative estimate of drug-likeness (QED) is 0.161. The summed E-state index contributed by atoms with van der Waals surface area (Å²) in [5.41, 5.74) is 7.11. The predicted molar refractivity (Wildman–Crippen MR) is 178 cm³/mol. The van der Waals surface area contributed by atoms with E-state index in [0.29, 0.717) is 0 Å². The molecule has 0 aliphatic heterocycles. The summed E-state index contributed by atoms with van der Waals surface area (Å²) in [6, 6.07) is 47.1. The van der Waals surface area contributed by atoms with Gasteiger partial charge in [0.2, 0.25) is 0 Å². The third-order valence-corrected chi connectivity index (χ3v) is 9.60. The van der Waals surface area contributed by atoms with Crippen molar-refractivity contribution in [1.82, 2.24) is 0 Å². The van der Waals surface area contributed by atoms with Gasteiger partial charge in [-0.2, -0.15) is 0 Å². The molecule has 0 bridgehead atoms. The molecular formula is C40H27B.